The van der Waals surface area contributed by atoms with Gasteiger partial charge in [-0.25, -0.2) is 14.8 Å². The molecule has 2 N–H and O–H groups in total. The number of hydrogen-bond acceptors (Lipinski definition) is 6. The molecule has 11 heteroatoms. The molecule has 1 aliphatic carbocycles. The molecule has 3 aliphatic rings. The zero-order valence-electron chi connectivity index (χ0n) is 16.4. The fraction of sp³-hybridized carbons (Fsp3) is 0.684. The first kappa shape index (κ1) is 22.3. The van der Waals surface area contributed by atoms with Crippen molar-refractivity contribution < 1.29 is 32.6 Å². The zero-order valence-corrected chi connectivity index (χ0v) is 16.4. The lowest BCUT2D eigenvalue weighted by atomic mass is 9.83. The van der Waals surface area contributed by atoms with Crippen LogP contribution in [0.5, 0.6) is 0 Å². The van der Waals surface area contributed by atoms with Crippen molar-refractivity contribution in [3.63, 3.8) is 0 Å². The van der Waals surface area contributed by atoms with Crippen molar-refractivity contribution in [3.8, 4) is 0 Å². The molecular weight excluding hydrogens is 405 g/mol. The lowest BCUT2D eigenvalue weighted by Gasteiger charge is -2.52. The maximum atomic E-state index is 11.8. The normalized spacial score (nSPS) is 22.5. The quantitative estimate of drug-likeness (QED) is 0.736. The van der Waals surface area contributed by atoms with E-state index in [1.165, 1.54) is 12.8 Å². The van der Waals surface area contributed by atoms with Crippen molar-refractivity contribution in [2.75, 3.05) is 31.1 Å². The lowest BCUT2D eigenvalue weighted by molar-refractivity contribution is -0.192. The van der Waals surface area contributed by atoms with E-state index in [1.54, 1.807) is 12.4 Å². The van der Waals surface area contributed by atoms with Gasteiger partial charge in [0, 0.05) is 25.4 Å². The van der Waals surface area contributed by atoms with Crippen LogP contribution in [-0.4, -0.2) is 65.0 Å². The largest absolute Gasteiger partial charge is 0.490 e. The monoisotopic (exact) mass is 430 g/mol. The summed E-state index contributed by atoms with van der Waals surface area (Å²) in [6.07, 6.45) is 3.80. The Kier molecular flexibility index (Phi) is 6.79. The molecule has 2 aliphatic heterocycles. The van der Waals surface area contributed by atoms with Crippen LogP contribution in [0.1, 0.15) is 32.1 Å². The molecule has 0 radical (unpaired) electrons. The van der Waals surface area contributed by atoms with Gasteiger partial charge in [0.05, 0.1) is 19.7 Å². The van der Waals surface area contributed by atoms with Gasteiger partial charge in [-0.05, 0) is 43.6 Å². The average molecular weight is 430 g/mol. The summed E-state index contributed by atoms with van der Waals surface area (Å²) < 4.78 is 37.9. The third kappa shape index (κ3) is 6.28. The highest BCUT2D eigenvalue weighted by Crippen LogP contribution is 2.37. The molecule has 1 aromatic rings. The first-order chi connectivity index (χ1) is 14.2. The van der Waals surface area contributed by atoms with Gasteiger partial charge in [0.2, 0.25) is 11.9 Å². The Bertz CT molecular complexity index is 727. The van der Waals surface area contributed by atoms with Crippen molar-refractivity contribution in [1.82, 2.24) is 15.3 Å². The number of nitrogens with one attached hydrogen (secondary N) is 1. The van der Waals surface area contributed by atoms with E-state index in [4.69, 9.17) is 14.6 Å². The van der Waals surface area contributed by atoms with Crippen LogP contribution in [0.2, 0.25) is 0 Å². The Morgan fingerprint density at radius 1 is 1.20 bits per heavy atom. The fourth-order valence-electron chi connectivity index (χ4n) is 3.49. The Hall–Kier alpha value is -2.43. The highest BCUT2D eigenvalue weighted by atomic mass is 19.4. The number of carbonyl (C=O) groups excluding carboxylic acids is 1. The van der Waals surface area contributed by atoms with Gasteiger partial charge in [-0.1, -0.05) is 0 Å². The van der Waals surface area contributed by atoms with Crippen LogP contribution in [0.25, 0.3) is 0 Å². The summed E-state index contributed by atoms with van der Waals surface area (Å²) in [5, 5.41) is 10.2. The van der Waals surface area contributed by atoms with Crippen LogP contribution in [0.4, 0.5) is 19.1 Å². The molecule has 4 rings (SSSR count). The molecule has 0 bridgehead atoms. The van der Waals surface area contributed by atoms with Gasteiger partial charge in [-0.3, -0.25) is 4.79 Å². The molecule has 1 amide bonds. The third-order valence-electron chi connectivity index (χ3n) is 5.43. The van der Waals surface area contributed by atoms with Gasteiger partial charge in [0.25, 0.3) is 0 Å². The van der Waals surface area contributed by atoms with Gasteiger partial charge in [0.1, 0.15) is 5.60 Å². The SMILES string of the molecule is O=C(CC1CC1)NCC1CCC2(CN(c3ncccn3)C2)OC1.O=C(O)C(F)(F)F. The van der Waals surface area contributed by atoms with Gasteiger partial charge in [-0.15, -0.1) is 0 Å². The minimum atomic E-state index is -5.08. The van der Waals surface area contributed by atoms with Gasteiger partial charge < -0.3 is 20.1 Å². The van der Waals surface area contributed by atoms with Crippen LogP contribution in [0.3, 0.4) is 0 Å². The van der Waals surface area contributed by atoms with Crippen molar-refractivity contribution >= 4 is 17.8 Å². The number of hydrogen-bond donors (Lipinski definition) is 2. The second-order valence-electron chi connectivity index (χ2n) is 8.06. The van der Waals surface area contributed by atoms with E-state index in [9.17, 15) is 18.0 Å². The first-order valence-corrected chi connectivity index (χ1v) is 9.90. The standard InChI is InChI=1S/C17H24N4O2.C2HF3O2/c22-15(8-13-2-3-13)20-9-14-4-5-17(23-10-14)11-21(12-17)16-18-6-1-7-19-16;3-2(4,5)1(6)7/h1,6-7,13-14H,2-5,8-12H2,(H,20,22);(H,6,7). The number of nitrogens with zero attached hydrogens (tertiary/aromatic N) is 3. The number of amides is 1. The molecule has 30 heavy (non-hydrogen) atoms. The van der Waals surface area contributed by atoms with Crippen LogP contribution in [-0.2, 0) is 14.3 Å². The number of carbonyl (C=O) groups is 2. The van der Waals surface area contributed by atoms with Crippen LogP contribution < -0.4 is 10.2 Å². The maximum Gasteiger partial charge on any atom is 0.490 e. The van der Waals surface area contributed by atoms with Crippen LogP contribution in [0, 0.1) is 11.8 Å². The number of aromatic nitrogens is 2. The van der Waals surface area contributed by atoms with Crippen LogP contribution >= 0.6 is 0 Å². The minimum absolute atomic E-state index is 0.0201. The van der Waals surface area contributed by atoms with Crippen LogP contribution in [0.15, 0.2) is 18.5 Å². The number of carboxylic acid groups (broad SMARTS) is 1. The fourth-order valence-corrected chi connectivity index (χ4v) is 3.49. The molecule has 1 unspecified atom stereocenters. The molecule has 1 aromatic heterocycles. The Labute approximate surface area is 171 Å². The number of halogens is 3. The summed E-state index contributed by atoms with van der Waals surface area (Å²) in [5.74, 6) is -0.652. The summed E-state index contributed by atoms with van der Waals surface area (Å²) in [4.78, 5) is 31.4. The van der Waals surface area contributed by atoms with E-state index in [0.717, 1.165) is 45.0 Å². The Balaban J connectivity index is 0.000000318. The maximum absolute atomic E-state index is 11.8. The highest BCUT2D eigenvalue weighted by Gasteiger charge is 2.47. The third-order valence-corrected chi connectivity index (χ3v) is 5.43. The molecule has 2 saturated heterocycles. The van der Waals surface area contributed by atoms with Crippen molar-refractivity contribution in [2.24, 2.45) is 11.8 Å². The summed E-state index contributed by atoms with van der Waals surface area (Å²) in [6, 6.07) is 1.83. The summed E-state index contributed by atoms with van der Waals surface area (Å²) >= 11 is 0. The number of ether oxygens (including phenoxy) is 1. The van der Waals surface area contributed by atoms with Crippen molar-refractivity contribution in [1.29, 1.82) is 0 Å². The minimum Gasteiger partial charge on any atom is -0.475 e. The molecule has 1 atom stereocenters. The lowest BCUT2D eigenvalue weighted by Crippen LogP contribution is -2.65. The van der Waals surface area contributed by atoms with E-state index in [2.05, 4.69) is 20.2 Å². The molecule has 3 heterocycles. The molecular formula is C19H25F3N4O4. The summed E-state index contributed by atoms with van der Waals surface area (Å²) in [6.45, 7) is 3.25. The molecule has 0 aromatic carbocycles. The number of carboxylic acids is 1. The van der Waals surface area contributed by atoms with Crippen molar-refractivity contribution in [3.05, 3.63) is 18.5 Å². The molecule has 1 spiro atoms. The van der Waals surface area contributed by atoms with E-state index in [-0.39, 0.29) is 11.5 Å². The molecule has 1 saturated carbocycles. The second kappa shape index (κ2) is 9.15. The topological polar surface area (TPSA) is 105 Å². The molecule has 166 valence electrons. The van der Waals surface area contributed by atoms with E-state index >= 15 is 0 Å². The second-order valence-corrected chi connectivity index (χ2v) is 8.06. The number of anilines is 1. The predicted octanol–water partition coefficient (Wildman–Crippen LogP) is 2.01. The predicted molar refractivity (Wildman–Crippen MR) is 99.7 cm³/mol. The smallest absolute Gasteiger partial charge is 0.475 e. The number of alkyl halides is 3. The Morgan fingerprint density at radius 2 is 1.83 bits per heavy atom. The molecule has 3 fully saturated rings. The molecule has 8 nitrogen and oxygen atoms in total. The summed E-state index contributed by atoms with van der Waals surface area (Å²) in [7, 11) is 0. The van der Waals surface area contributed by atoms with Gasteiger partial charge >= 0.3 is 12.1 Å². The van der Waals surface area contributed by atoms with Gasteiger partial charge in [0.15, 0.2) is 0 Å². The van der Waals surface area contributed by atoms with Gasteiger partial charge in [-0.2, -0.15) is 13.2 Å². The number of aliphatic carboxylic acids is 1. The van der Waals surface area contributed by atoms with E-state index < -0.39 is 12.1 Å². The Morgan fingerprint density at radius 3 is 2.33 bits per heavy atom. The highest BCUT2D eigenvalue weighted by molar-refractivity contribution is 5.76. The van der Waals surface area contributed by atoms with Crippen molar-refractivity contribution in [2.45, 2.75) is 43.9 Å². The van der Waals surface area contributed by atoms with E-state index in [1.807, 2.05) is 6.07 Å². The average Bonchev–Trinajstić information content (AvgIpc) is 3.49. The number of rotatable bonds is 5. The summed E-state index contributed by atoms with van der Waals surface area (Å²) in [5.41, 5.74) is -0.0201. The van der Waals surface area contributed by atoms with E-state index in [0.29, 0.717) is 18.3 Å². The zero-order chi connectivity index (χ0) is 21.8. The first-order valence-electron chi connectivity index (χ1n) is 9.90.